The summed E-state index contributed by atoms with van der Waals surface area (Å²) >= 11 is 3.39. The number of anilines is 1. The Morgan fingerprint density at radius 2 is 2.19 bits per heavy atom. The van der Waals surface area contributed by atoms with Crippen molar-refractivity contribution in [3.8, 4) is 0 Å². The first kappa shape index (κ1) is 13.2. The number of hydrogen-bond donors (Lipinski definition) is 1. The lowest BCUT2D eigenvalue weighted by Crippen LogP contribution is -2.28. The maximum absolute atomic E-state index is 10.9. The van der Waals surface area contributed by atoms with E-state index in [0.29, 0.717) is 12.1 Å². The molecular weight excluding hydrogens is 270 g/mol. The number of rotatable bonds is 6. The average Bonchev–Trinajstić information content (AvgIpc) is 2.29. The molecule has 0 atom stereocenters. The summed E-state index contributed by atoms with van der Waals surface area (Å²) in [6, 6.07) is 5.54. The number of carbonyl (C=O) groups excluding carboxylic acids is 1. The molecule has 0 unspecified atom stereocenters. The molecule has 0 aliphatic carbocycles. The number of hydrogen-bond acceptors (Lipinski definition) is 3. The van der Waals surface area contributed by atoms with Crippen molar-refractivity contribution in [3.05, 3.63) is 28.2 Å². The lowest BCUT2D eigenvalue weighted by Gasteiger charge is -2.24. The summed E-state index contributed by atoms with van der Waals surface area (Å²) in [6.07, 6.45) is 1.83. The molecule has 1 aromatic rings. The predicted octanol–water partition coefficient (Wildman–Crippen LogP) is 2.47. The Bertz CT molecular complexity index is 349. The fourth-order valence-electron chi connectivity index (χ4n) is 1.63. The molecule has 1 N–H and O–H groups in total. The Hall–Kier alpha value is -0.870. The van der Waals surface area contributed by atoms with Gasteiger partial charge >= 0.3 is 0 Å². The summed E-state index contributed by atoms with van der Waals surface area (Å²) in [4.78, 5) is 13.0. The summed E-state index contributed by atoms with van der Waals surface area (Å²) in [5.74, 6) is 0. The SMILES string of the molecule is CCCN(CCO)c1cc(Br)ccc1C=O. The highest BCUT2D eigenvalue weighted by Gasteiger charge is 2.10. The summed E-state index contributed by atoms with van der Waals surface area (Å²) in [5.41, 5.74) is 1.53. The summed E-state index contributed by atoms with van der Waals surface area (Å²) < 4.78 is 0.937. The van der Waals surface area contributed by atoms with Crippen molar-refractivity contribution in [2.24, 2.45) is 0 Å². The van der Waals surface area contributed by atoms with E-state index in [2.05, 4.69) is 22.9 Å². The number of nitrogens with zero attached hydrogens (tertiary/aromatic N) is 1. The summed E-state index contributed by atoms with van der Waals surface area (Å²) in [7, 11) is 0. The molecule has 0 saturated heterocycles. The van der Waals surface area contributed by atoms with Crippen LogP contribution in [0.25, 0.3) is 0 Å². The van der Waals surface area contributed by atoms with Gasteiger partial charge in [-0.3, -0.25) is 4.79 Å². The fourth-order valence-corrected chi connectivity index (χ4v) is 1.98. The monoisotopic (exact) mass is 285 g/mol. The van der Waals surface area contributed by atoms with E-state index in [9.17, 15) is 4.79 Å². The van der Waals surface area contributed by atoms with Crippen LogP contribution in [0, 0.1) is 0 Å². The molecule has 0 bridgehead atoms. The number of aliphatic hydroxyl groups excluding tert-OH is 1. The van der Waals surface area contributed by atoms with Crippen LogP contribution in [0.15, 0.2) is 22.7 Å². The van der Waals surface area contributed by atoms with Gasteiger partial charge in [-0.1, -0.05) is 22.9 Å². The molecule has 3 nitrogen and oxygen atoms in total. The Morgan fingerprint density at radius 1 is 1.44 bits per heavy atom. The van der Waals surface area contributed by atoms with Crippen LogP contribution in [0.4, 0.5) is 5.69 Å². The van der Waals surface area contributed by atoms with Gasteiger partial charge in [0.2, 0.25) is 0 Å². The molecule has 0 amide bonds. The van der Waals surface area contributed by atoms with Crippen molar-refractivity contribution >= 4 is 27.9 Å². The van der Waals surface area contributed by atoms with E-state index in [1.165, 1.54) is 0 Å². The van der Waals surface area contributed by atoms with Crippen molar-refractivity contribution in [2.45, 2.75) is 13.3 Å². The Kier molecular flexibility index (Phi) is 5.49. The normalized spacial score (nSPS) is 10.2. The van der Waals surface area contributed by atoms with Crippen LogP contribution in [-0.4, -0.2) is 31.1 Å². The van der Waals surface area contributed by atoms with Gasteiger partial charge in [0, 0.05) is 28.8 Å². The summed E-state index contributed by atoms with van der Waals surface area (Å²) in [5, 5.41) is 9.02. The molecule has 0 heterocycles. The second-order valence-electron chi connectivity index (χ2n) is 3.53. The minimum Gasteiger partial charge on any atom is -0.395 e. The largest absolute Gasteiger partial charge is 0.395 e. The standard InChI is InChI=1S/C12H16BrNO2/c1-2-5-14(6-7-15)12-8-11(13)4-3-10(12)9-16/h3-4,8-9,15H,2,5-7H2,1H3. The minimum atomic E-state index is 0.0881. The van der Waals surface area contributed by atoms with Gasteiger partial charge in [0.05, 0.1) is 6.61 Å². The topological polar surface area (TPSA) is 40.5 Å². The molecule has 0 fully saturated rings. The van der Waals surface area contributed by atoms with E-state index >= 15 is 0 Å². The highest BCUT2D eigenvalue weighted by Crippen LogP contribution is 2.24. The molecule has 0 radical (unpaired) electrons. The van der Waals surface area contributed by atoms with Gasteiger partial charge in [0.25, 0.3) is 0 Å². The third kappa shape index (κ3) is 3.32. The van der Waals surface area contributed by atoms with Crippen LogP contribution < -0.4 is 4.90 Å². The highest BCUT2D eigenvalue weighted by molar-refractivity contribution is 9.10. The fraction of sp³-hybridized carbons (Fsp3) is 0.417. The maximum atomic E-state index is 10.9. The Balaban J connectivity index is 3.04. The van der Waals surface area contributed by atoms with Crippen molar-refractivity contribution in [3.63, 3.8) is 0 Å². The zero-order chi connectivity index (χ0) is 12.0. The van der Waals surface area contributed by atoms with Crippen LogP contribution >= 0.6 is 15.9 Å². The first-order valence-corrected chi connectivity index (χ1v) is 6.12. The van der Waals surface area contributed by atoms with Crippen molar-refractivity contribution < 1.29 is 9.90 Å². The highest BCUT2D eigenvalue weighted by atomic mass is 79.9. The van der Waals surface area contributed by atoms with Crippen LogP contribution in [0.1, 0.15) is 23.7 Å². The molecule has 1 aromatic carbocycles. The molecular formula is C12H16BrNO2. The van der Waals surface area contributed by atoms with Crippen LogP contribution in [0.2, 0.25) is 0 Å². The molecule has 0 aromatic heterocycles. The van der Waals surface area contributed by atoms with Crippen LogP contribution in [0.5, 0.6) is 0 Å². The number of carbonyl (C=O) groups is 1. The van der Waals surface area contributed by atoms with E-state index in [-0.39, 0.29) is 6.61 Å². The number of aliphatic hydroxyl groups is 1. The Morgan fingerprint density at radius 3 is 2.75 bits per heavy atom. The van der Waals surface area contributed by atoms with E-state index in [1.54, 1.807) is 6.07 Å². The third-order valence-corrected chi connectivity index (χ3v) is 2.82. The van der Waals surface area contributed by atoms with Crippen molar-refractivity contribution in [2.75, 3.05) is 24.6 Å². The van der Waals surface area contributed by atoms with Gasteiger partial charge in [-0.2, -0.15) is 0 Å². The molecule has 0 aliphatic heterocycles. The molecule has 88 valence electrons. The number of halogens is 1. The van der Waals surface area contributed by atoms with Crippen molar-refractivity contribution in [1.82, 2.24) is 0 Å². The molecule has 0 saturated carbocycles. The predicted molar refractivity (Wildman–Crippen MR) is 69.1 cm³/mol. The minimum absolute atomic E-state index is 0.0881. The van der Waals surface area contributed by atoms with E-state index < -0.39 is 0 Å². The quantitative estimate of drug-likeness (QED) is 0.817. The Labute approximate surface area is 104 Å². The summed E-state index contributed by atoms with van der Waals surface area (Å²) in [6.45, 7) is 3.54. The van der Waals surface area contributed by atoms with Crippen molar-refractivity contribution in [1.29, 1.82) is 0 Å². The molecule has 0 spiro atoms. The van der Waals surface area contributed by atoms with Gasteiger partial charge in [0.15, 0.2) is 6.29 Å². The first-order valence-electron chi connectivity index (χ1n) is 5.33. The average molecular weight is 286 g/mol. The lowest BCUT2D eigenvalue weighted by atomic mass is 10.1. The second-order valence-corrected chi connectivity index (χ2v) is 4.45. The maximum Gasteiger partial charge on any atom is 0.152 e. The van der Waals surface area contributed by atoms with Gasteiger partial charge in [-0.15, -0.1) is 0 Å². The molecule has 1 rings (SSSR count). The zero-order valence-corrected chi connectivity index (χ0v) is 10.9. The first-order chi connectivity index (χ1) is 7.72. The van der Waals surface area contributed by atoms with Crippen LogP contribution in [-0.2, 0) is 0 Å². The lowest BCUT2D eigenvalue weighted by molar-refractivity contribution is 0.112. The van der Waals surface area contributed by atoms with Gasteiger partial charge < -0.3 is 10.0 Å². The number of aldehydes is 1. The van der Waals surface area contributed by atoms with Crippen LogP contribution in [0.3, 0.4) is 0 Å². The van der Waals surface area contributed by atoms with Gasteiger partial charge in [-0.05, 0) is 24.6 Å². The van der Waals surface area contributed by atoms with Gasteiger partial charge in [0.1, 0.15) is 0 Å². The smallest absolute Gasteiger partial charge is 0.152 e. The zero-order valence-electron chi connectivity index (χ0n) is 9.32. The third-order valence-electron chi connectivity index (χ3n) is 2.32. The number of benzene rings is 1. The van der Waals surface area contributed by atoms with E-state index in [0.717, 1.165) is 29.4 Å². The molecule has 4 heteroatoms. The van der Waals surface area contributed by atoms with Gasteiger partial charge in [-0.25, -0.2) is 0 Å². The molecule has 0 aliphatic rings. The van der Waals surface area contributed by atoms with E-state index in [1.807, 2.05) is 17.0 Å². The second kappa shape index (κ2) is 6.66. The molecule has 16 heavy (non-hydrogen) atoms. The van der Waals surface area contributed by atoms with E-state index in [4.69, 9.17) is 5.11 Å².